The standard InChI is InChI=1S/C27H34N4O4/c1-4-17(2)24-27(34)30-22(15-18-8-6-5-7-9-18)26(33)29-13-12-19-10-11-23(35-3)20(14-19)16-21(28)25(32)31-24/h5-14,17,21-22,24H,4,15-16,28H2,1-3H3,(H,29,33)(H,30,34)(H,31,32). The van der Waals surface area contributed by atoms with E-state index in [1.54, 1.807) is 25.5 Å². The Balaban J connectivity index is 1.98. The molecular formula is C27H34N4O4. The zero-order chi connectivity index (χ0) is 25.4. The van der Waals surface area contributed by atoms with Gasteiger partial charge in [0.15, 0.2) is 0 Å². The molecule has 0 saturated carbocycles. The van der Waals surface area contributed by atoms with Crippen LogP contribution < -0.4 is 26.4 Å². The molecule has 0 saturated heterocycles. The van der Waals surface area contributed by atoms with Gasteiger partial charge in [0.2, 0.25) is 17.7 Å². The molecule has 3 rings (SSSR count). The van der Waals surface area contributed by atoms with Crippen LogP contribution in [0.3, 0.4) is 0 Å². The topological polar surface area (TPSA) is 123 Å². The lowest BCUT2D eigenvalue weighted by atomic mass is 9.96. The maximum Gasteiger partial charge on any atom is 0.246 e. The van der Waals surface area contributed by atoms with Gasteiger partial charge in [0.05, 0.1) is 13.2 Å². The minimum Gasteiger partial charge on any atom is -0.496 e. The number of ether oxygens (including phenoxy) is 1. The summed E-state index contributed by atoms with van der Waals surface area (Å²) in [5, 5.41) is 8.45. The van der Waals surface area contributed by atoms with Gasteiger partial charge in [0.25, 0.3) is 0 Å². The Morgan fingerprint density at radius 3 is 2.46 bits per heavy atom. The van der Waals surface area contributed by atoms with Crippen molar-refractivity contribution >= 4 is 23.8 Å². The van der Waals surface area contributed by atoms with Gasteiger partial charge < -0.3 is 26.4 Å². The van der Waals surface area contributed by atoms with Gasteiger partial charge in [-0.25, -0.2) is 0 Å². The van der Waals surface area contributed by atoms with E-state index in [-0.39, 0.29) is 18.2 Å². The number of hydrogen-bond donors (Lipinski definition) is 4. The minimum atomic E-state index is -0.882. The van der Waals surface area contributed by atoms with Gasteiger partial charge in [-0.15, -0.1) is 0 Å². The number of amides is 3. The van der Waals surface area contributed by atoms with Crippen LogP contribution in [0.4, 0.5) is 0 Å². The van der Waals surface area contributed by atoms with Crippen molar-refractivity contribution in [1.82, 2.24) is 16.0 Å². The molecule has 4 unspecified atom stereocenters. The Hall–Kier alpha value is -3.65. The lowest BCUT2D eigenvalue weighted by Gasteiger charge is -2.27. The van der Waals surface area contributed by atoms with E-state index in [1.807, 2.05) is 56.3 Å². The first-order valence-electron chi connectivity index (χ1n) is 11.9. The van der Waals surface area contributed by atoms with Crippen LogP contribution in [0.1, 0.15) is 37.0 Å². The summed E-state index contributed by atoms with van der Waals surface area (Å²) in [4.78, 5) is 39.4. The highest BCUT2D eigenvalue weighted by Gasteiger charge is 2.31. The summed E-state index contributed by atoms with van der Waals surface area (Å²) in [6, 6.07) is 12.4. The number of fused-ring (bicyclic) bond motifs is 2. The predicted molar refractivity (Wildman–Crippen MR) is 135 cm³/mol. The molecule has 0 aliphatic carbocycles. The van der Waals surface area contributed by atoms with Crippen LogP contribution in [-0.2, 0) is 27.2 Å². The molecule has 2 aromatic carbocycles. The smallest absolute Gasteiger partial charge is 0.246 e. The molecule has 0 aromatic heterocycles. The zero-order valence-corrected chi connectivity index (χ0v) is 20.4. The van der Waals surface area contributed by atoms with Crippen LogP contribution in [0.2, 0.25) is 0 Å². The van der Waals surface area contributed by atoms with Gasteiger partial charge in [-0.3, -0.25) is 14.4 Å². The molecule has 4 atom stereocenters. The van der Waals surface area contributed by atoms with E-state index in [4.69, 9.17) is 10.5 Å². The highest BCUT2D eigenvalue weighted by Crippen LogP contribution is 2.22. The van der Waals surface area contributed by atoms with E-state index >= 15 is 0 Å². The van der Waals surface area contributed by atoms with Gasteiger partial charge >= 0.3 is 0 Å². The second-order valence-corrected chi connectivity index (χ2v) is 8.85. The van der Waals surface area contributed by atoms with Crippen LogP contribution in [-0.4, -0.2) is 43.0 Å². The number of benzene rings is 2. The maximum atomic E-state index is 13.3. The average Bonchev–Trinajstić information content (AvgIpc) is 2.86. The number of carbonyl (C=O) groups is 3. The quantitative estimate of drug-likeness (QED) is 0.523. The number of methoxy groups -OCH3 is 1. The molecule has 0 spiro atoms. The fourth-order valence-electron chi connectivity index (χ4n) is 3.99. The molecule has 8 nitrogen and oxygen atoms in total. The second-order valence-electron chi connectivity index (χ2n) is 8.85. The molecule has 2 bridgehead atoms. The molecule has 186 valence electrons. The lowest BCUT2D eigenvalue weighted by Crippen LogP contribution is -2.58. The van der Waals surface area contributed by atoms with Crippen molar-refractivity contribution in [2.45, 2.75) is 51.2 Å². The van der Waals surface area contributed by atoms with Crippen molar-refractivity contribution < 1.29 is 19.1 Å². The number of nitrogens with one attached hydrogen (secondary N) is 3. The number of nitrogens with two attached hydrogens (primary N) is 1. The summed E-state index contributed by atoms with van der Waals surface area (Å²) in [6.07, 6.45) is 4.48. The van der Waals surface area contributed by atoms with Crippen molar-refractivity contribution in [2.24, 2.45) is 11.7 Å². The summed E-state index contributed by atoms with van der Waals surface area (Å²) in [6.45, 7) is 3.82. The molecule has 1 aliphatic rings. The Labute approximate surface area is 206 Å². The van der Waals surface area contributed by atoms with E-state index in [2.05, 4.69) is 16.0 Å². The van der Waals surface area contributed by atoms with E-state index in [0.717, 1.165) is 16.7 Å². The summed E-state index contributed by atoms with van der Waals surface area (Å²) >= 11 is 0. The van der Waals surface area contributed by atoms with Gasteiger partial charge in [0.1, 0.15) is 17.8 Å². The third-order valence-electron chi connectivity index (χ3n) is 6.29. The number of rotatable bonds is 5. The van der Waals surface area contributed by atoms with Gasteiger partial charge in [0, 0.05) is 19.0 Å². The van der Waals surface area contributed by atoms with E-state index in [0.29, 0.717) is 18.6 Å². The first-order chi connectivity index (χ1) is 16.8. The van der Waals surface area contributed by atoms with Gasteiger partial charge in [-0.05, 0) is 40.8 Å². The van der Waals surface area contributed by atoms with Crippen LogP contribution in [0, 0.1) is 5.92 Å². The Kier molecular flexibility index (Phi) is 9.03. The van der Waals surface area contributed by atoms with Crippen molar-refractivity contribution in [3.63, 3.8) is 0 Å². The first kappa shape index (κ1) is 26.0. The number of carbonyl (C=O) groups excluding carboxylic acids is 3. The molecule has 35 heavy (non-hydrogen) atoms. The average molecular weight is 479 g/mol. The molecule has 8 heteroatoms. The van der Waals surface area contributed by atoms with E-state index < -0.39 is 29.9 Å². The maximum absolute atomic E-state index is 13.3. The molecule has 1 heterocycles. The van der Waals surface area contributed by atoms with Crippen molar-refractivity contribution in [3.8, 4) is 5.75 Å². The van der Waals surface area contributed by atoms with E-state index in [1.165, 1.54) is 0 Å². The molecule has 0 fully saturated rings. The van der Waals surface area contributed by atoms with Crippen LogP contribution in [0.5, 0.6) is 5.75 Å². The Morgan fingerprint density at radius 1 is 1.03 bits per heavy atom. The van der Waals surface area contributed by atoms with Crippen LogP contribution in [0.25, 0.3) is 6.08 Å². The normalized spacial score (nSPS) is 22.2. The zero-order valence-electron chi connectivity index (χ0n) is 20.4. The molecule has 2 aromatic rings. The third kappa shape index (κ3) is 6.93. The van der Waals surface area contributed by atoms with E-state index in [9.17, 15) is 14.4 Å². The third-order valence-corrected chi connectivity index (χ3v) is 6.29. The molecule has 5 N–H and O–H groups in total. The molecule has 3 amide bonds. The SMILES string of the molecule is CCC(C)C1NC(=O)C(N)Cc2cc(ccc2OC)C=CNC(=O)C(Cc2ccccc2)NC1=O. The molecule has 0 radical (unpaired) electrons. The Morgan fingerprint density at radius 2 is 1.77 bits per heavy atom. The predicted octanol–water partition coefficient (Wildman–Crippen LogP) is 1.92. The first-order valence-corrected chi connectivity index (χ1v) is 11.9. The summed E-state index contributed by atoms with van der Waals surface area (Å²) in [7, 11) is 1.55. The van der Waals surface area contributed by atoms with Gasteiger partial charge in [-0.1, -0.05) is 56.7 Å². The summed E-state index contributed by atoms with van der Waals surface area (Å²) < 4.78 is 5.43. The van der Waals surface area contributed by atoms with Gasteiger partial charge in [-0.2, -0.15) is 0 Å². The number of hydrogen-bond acceptors (Lipinski definition) is 5. The fraction of sp³-hybridized carbons (Fsp3) is 0.370. The van der Waals surface area contributed by atoms with Crippen molar-refractivity contribution in [2.75, 3.05) is 7.11 Å². The fourth-order valence-corrected chi connectivity index (χ4v) is 3.99. The van der Waals surface area contributed by atoms with Crippen molar-refractivity contribution in [3.05, 3.63) is 71.4 Å². The molecular weight excluding hydrogens is 444 g/mol. The second kappa shape index (κ2) is 12.2. The minimum absolute atomic E-state index is 0.167. The highest BCUT2D eigenvalue weighted by atomic mass is 16.5. The summed E-state index contributed by atoms with van der Waals surface area (Å²) in [5.41, 5.74) is 8.71. The lowest BCUT2D eigenvalue weighted by molar-refractivity contribution is -0.133. The van der Waals surface area contributed by atoms with Crippen LogP contribution >= 0.6 is 0 Å². The highest BCUT2D eigenvalue weighted by molar-refractivity contribution is 5.93. The largest absolute Gasteiger partial charge is 0.496 e. The van der Waals surface area contributed by atoms with Crippen molar-refractivity contribution in [1.29, 1.82) is 0 Å². The molecule has 1 aliphatic heterocycles. The Bertz CT molecular complexity index is 1070. The summed E-state index contributed by atoms with van der Waals surface area (Å²) in [5.74, 6) is -0.772. The monoisotopic (exact) mass is 478 g/mol. The van der Waals surface area contributed by atoms with Crippen LogP contribution in [0.15, 0.2) is 54.7 Å².